The minimum absolute atomic E-state index is 0.0183. The molecular formula is C26H27ClN4O4. The molecule has 2 saturated heterocycles. The Kier molecular flexibility index (Phi) is 5.73. The van der Waals surface area contributed by atoms with E-state index in [1.807, 2.05) is 23.1 Å². The first-order valence-corrected chi connectivity index (χ1v) is 12.6. The van der Waals surface area contributed by atoms with Gasteiger partial charge in [0, 0.05) is 80.0 Å². The maximum atomic E-state index is 13.1. The quantitative estimate of drug-likeness (QED) is 0.654. The lowest BCUT2D eigenvalue weighted by Gasteiger charge is -2.29. The van der Waals surface area contributed by atoms with Crippen molar-refractivity contribution < 1.29 is 19.1 Å². The normalized spacial score (nSPS) is 23.5. The van der Waals surface area contributed by atoms with Crippen LogP contribution in [0.1, 0.15) is 29.7 Å². The number of hydrogen-bond acceptors (Lipinski definition) is 6. The van der Waals surface area contributed by atoms with Crippen molar-refractivity contribution in [3.05, 3.63) is 46.2 Å². The zero-order valence-corrected chi connectivity index (χ0v) is 20.1. The molecule has 8 nitrogen and oxygen atoms in total. The summed E-state index contributed by atoms with van der Waals surface area (Å²) in [6, 6.07) is 5.75. The summed E-state index contributed by atoms with van der Waals surface area (Å²) in [6.45, 7) is 3.38. The van der Waals surface area contributed by atoms with E-state index in [1.165, 1.54) is 4.90 Å². The van der Waals surface area contributed by atoms with Crippen molar-refractivity contribution in [1.82, 2.24) is 20.1 Å². The Bertz CT molecular complexity index is 1210. The number of benzene rings is 1. The molecular weight excluding hydrogens is 468 g/mol. The molecule has 2 atom stereocenters. The topological polar surface area (TPSA) is 91.8 Å². The minimum atomic E-state index is -0.546. The van der Waals surface area contributed by atoms with Crippen molar-refractivity contribution >= 4 is 29.3 Å². The van der Waals surface area contributed by atoms with Crippen LogP contribution in [0.4, 0.5) is 0 Å². The van der Waals surface area contributed by atoms with E-state index in [9.17, 15) is 14.4 Å². The lowest BCUT2D eigenvalue weighted by molar-refractivity contribution is -0.139. The number of nitrogens with zero attached hydrogens (tertiary/aromatic N) is 3. The van der Waals surface area contributed by atoms with E-state index < -0.39 is 6.10 Å². The second kappa shape index (κ2) is 8.91. The molecule has 0 bridgehead atoms. The van der Waals surface area contributed by atoms with Crippen molar-refractivity contribution in [3.63, 3.8) is 0 Å². The molecule has 1 aromatic heterocycles. The third kappa shape index (κ3) is 4.08. The lowest BCUT2D eigenvalue weighted by atomic mass is 9.95. The van der Waals surface area contributed by atoms with E-state index in [2.05, 4.69) is 10.3 Å². The fraction of sp³-hybridized carbons (Fsp3) is 0.462. The van der Waals surface area contributed by atoms with E-state index in [-0.39, 0.29) is 23.6 Å². The number of imide groups is 1. The Morgan fingerprint density at radius 2 is 1.86 bits per heavy atom. The van der Waals surface area contributed by atoms with Gasteiger partial charge in [0.25, 0.3) is 5.91 Å². The molecule has 3 amide bonds. The molecule has 0 spiro atoms. The molecule has 1 N–H and O–H groups in total. The van der Waals surface area contributed by atoms with Crippen molar-refractivity contribution in [1.29, 1.82) is 0 Å². The van der Waals surface area contributed by atoms with E-state index in [1.54, 1.807) is 6.20 Å². The van der Waals surface area contributed by atoms with Crippen LogP contribution in [0.3, 0.4) is 0 Å². The molecule has 4 aliphatic rings. The minimum Gasteiger partial charge on any atom is -0.479 e. The number of pyridine rings is 1. The first-order valence-electron chi connectivity index (χ1n) is 12.3. The first kappa shape index (κ1) is 22.5. The Hall–Kier alpha value is -2.97. The van der Waals surface area contributed by atoms with Crippen LogP contribution in [0.15, 0.2) is 24.4 Å². The van der Waals surface area contributed by atoms with Gasteiger partial charge in [-0.15, -0.1) is 0 Å². The fourth-order valence-corrected chi connectivity index (χ4v) is 6.03. The van der Waals surface area contributed by atoms with Crippen LogP contribution >= 0.6 is 11.6 Å². The highest BCUT2D eigenvalue weighted by Crippen LogP contribution is 2.44. The summed E-state index contributed by atoms with van der Waals surface area (Å²) in [5.41, 5.74) is 4.88. The average Bonchev–Trinajstić information content (AvgIpc) is 3.56. The van der Waals surface area contributed by atoms with Crippen LogP contribution in [0, 0.1) is 5.92 Å². The SMILES string of the molecule is O=C(C1Cc2cc(Cl)cc(-c3ccnc4c3CC(CN3C(=O)CCC3=O)C4)c2O1)N1CCNCC1. The number of fused-ring (bicyclic) bond motifs is 2. The fourth-order valence-electron chi connectivity index (χ4n) is 5.79. The molecule has 4 heterocycles. The van der Waals surface area contributed by atoms with Crippen LogP contribution in [-0.4, -0.2) is 71.3 Å². The molecule has 0 saturated carbocycles. The maximum absolute atomic E-state index is 13.1. The Morgan fingerprint density at radius 1 is 1.09 bits per heavy atom. The molecule has 35 heavy (non-hydrogen) atoms. The number of carbonyl (C=O) groups is 3. The molecule has 0 radical (unpaired) electrons. The molecule has 3 aliphatic heterocycles. The number of hydrogen-bond donors (Lipinski definition) is 1. The highest BCUT2D eigenvalue weighted by atomic mass is 35.5. The monoisotopic (exact) mass is 494 g/mol. The standard InChI is InChI=1S/C26H27ClN4O4/c27-17-11-16-12-22(26(34)30-7-5-28-6-8-30)35-25(16)20(13-17)18-3-4-29-21-10-15(9-19(18)21)14-31-23(32)1-2-24(31)33/h3-4,11,13,15,22,28H,1-2,5-10,12,14H2. The van der Waals surface area contributed by atoms with Gasteiger partial charge in [-0.1, -0.05) is 11.6 Å². The zero-order chi connectivity index (χ0) is 24.1. The summed E-state index contributed by atoms with van der Waals surface area (Å²) in [4.78, 5) is 45.2. The van der Waals surface area contributed by atoms with Crippen LogP contribution in [-0.2, 0) is 33.6 Å². The summed E-state index contributed by atoms with van der Waals surface area (Å²) >= 11 is 6.52. The van der Waals surface area contributed by atoms with Crippen LogP contribution in [0.5, 0.6) is 5.75 Å². The smallest absolute Gasteiger partial charge is 0.264 e. The number of rotatable bonds is 4. The maximum Gasteiger partial charge on any atom is 0.264 e. The second-order valence-corrected chi connectivity index (χ2v) is 10.2. The van der Waals surface area contributed by atoms with Gasteiger partial charge in [0.15, 0.2) is 6.10 Å². The average molecular weight is 495 g/mol. The summed E-state index contributed by atoms with van der Waals surface area (Å²) in [5, 5.41) is 3.87. The van der Waals surface area contributed by atoms with Gasteiger partial charge in [-0.3, -0.25) is 24.3 Å². The van der Waals surface area contributed by atoms with E-state index in [0.29, 0.717) is 56.1 Å². The Balaban J connectivity index is 1.27. The molecule has 9 heteroatoms. The lowest BCUT2D eigenvalue weighted by Crippen LogP contribution is -2.50. The highest BCUT2D eigenvalue weighted by molar-refractivity contribution is 6.31. The first-order chi connectivity index (χ1) is 17.0. The van der Waals surface area contributed by atoms with Crippen LogP contribution in [0.25, 0.3) is 11.1 Å². The number of amides is 3. The highest BCUT2D eigenvalue weighted by Gasteiger charge is 2.37. The Morgan fingerprint density at radius 3 is 2.63 bits per heavy atom. The van der Waals surface area contributed by atoms with Gasteiger partial charge in [-0.2, -0.15) is 0 Å². The van der Waals surface area contributed by atoms with Gasteiger partial charge in [0.05, 0.1) is 0 Å². The van der Waals surface area contributed by atoms with Gasteiger partial charge < -0.3 is 15.0 Å². The van der Waals surface area contributed by atoms with Crippen molar-refractivity contribution in [2.45, 2.75) is 38.2 Å². The largest absolute Gasteiger partial charge is 0.479 e. The molecule has 2 aromatic rings. The number of carbonyl (C=O) groups excluding carboxylic acids is 3. The van der Waals surface area contributed by atoms with Crippen LogP contribution < -0.4 is 10.1 Å². The molecule has 2 unspecified atom stereocenters. The summed E-state index contributed by atoms with van der Waals surface area (Å²) in [5.74, 6) is 0.704. The van der Waals surface area contributed by atoms with Gasteiger partial charge in [-0.05, 0) is 48.1 Å². The number of aromatic nitrogens is 1. The molecule has 182 valence electrons. The number of likely N-dealkylation sites (tertiary alicyclic amines) is 1. The molecule has 1 aromatic carbocycles. The van der Waals surface area contributed by atoms with Crippen molar-refractivity contribution in [2.75, 3.05) is 32.7 Å². The van der Waals surface area contributed by atoms with E-state index in [4.69, 9.17) is 16.3 Å². The molecule has 2 fully saturated rings. The molecule has 1 aliphatic carbocycles. The third-order valence-corrected chi connectivity index (χ3v) is 7.72. The van der Waals surface area contributed by atoms with Gasteiger partial charge in [0.1, 0.15) is 5.75 Å². The van der Waals surface area contributed by atoms with E-state index in [0.717, 1.165) is 47.5 Å². The summed E-state index contributed by atoms with van der Waals surface area (Å²) in [7, 11) is 0. The van der Waals surface area contributed by atoms with E-state index >= 15 is 0 Å². The zero-order valence-electron chi connectivity index (χ0n) is 19.4. The molecule has 6 rings (SSSR count). The van der Waals surface area contributed by atoms with Crippen molar-refractivity contribution in [3.8, 4) is 16.9 Å². The van der Waals surface area contributed by atoms with Crippen molar-refractivity contribution in [2.24, 2.45) is 5.92 Å². The van der Waals surface area contributed by atoms with Gasteiger partial charge in [-0.25, -0.2) is 0 Å². The number of nitrogens with one attached hydrogen (secondary N) is 1. The predicted octanol–water partition coefficient (Wildman–Crippen LogP) is 2.00. The van der Waals surface area contributed by atoms with Gasteiger partial charge >= 0.3 is 0 Å². The van der Waals surface area contributed by atoms with Crippen LogP contribution in [0.2, 0.25) is 5.02 Å². The summed E-state index contributed by atoms with van der Waals surface area (Å²) < 4.78 is 6.30. The predicted molar refractivity (Wildman–Crippen MR) is 129 cm³/mol. The second-order valence-electron chi connectivity index (χ2n) is 9.78. The number of ether oxygens (including phenoxy) is 1. The number of piperazine rings is 1. The Labute approximate surface area is 208 Å². The number of halogens is 1. The third-order valence-electron chi connectivity index (χ3n) is 7.51. The summed E-state index contributed by atoms with van der Waals surface area (Å²) in [6.07, 6.45) is 3.79. The van der Waals surface area contributed by atoms with Gasteiger partial charge in [0.2, 0.25) is 11.8 Å².